The van der Waals surface area contributed by atoms with Gasteiger partial charge in [-0.3, -0.25) is 23.4 Å². The number of fused-ring (bicyclic) bond motifs is 2. The first-order valence-electron chi connectivity index (χ1n) is 12.8. The Morgan fingerprint density at radius 2 is 1.73 bits per heavy atom. The summed E-state index contributed by atoms with van der Waals surface area (Å²) in [6.07, 6.45) is -8.53. The maximum atomic E-state index is 15.2. The Morgan fingerprint density at radius 3 is 2.47 bits per heavy atom. The van der Waals surface area contributed by atoms with Crippen LogP contribution in [0.3, 0.4) is 0 Å². The average molecular weight is 710 g/mol. The Labute approximate surface area is 261 Å². The molecule has 2 fully saturated rings. The predicted octanol–water partition coefficient (Wildman–Crippen LogP) is -0.799. The van der Waals surface area contributed by atoms with Crippen LogP contribution in [0.25, 0.3) is 22.3 Å². The molecule has 45 heavy (non-hydrogen) atoms. The Kier molecular flexibility index (Phi) is 8.89. The predicted molar refractivity (Wildman–Crippen MR) is 157 cm³/mol. The Morgan fingerprint density at radius 1 is 1.07 bits per heavy atom. The van der Waals surface area contributed by atoms with Gasteiger partial charge in [-0.05, 0) is 16.4 Å². The summed E-state index contributed by atoms with van der Waals surface area (Å²) in [5, 5.41) is 21.6. The van der Waals surface area contributed by atoms with Crippen molar-refractivity contribution >= 4 is 72.1 Å². The molecule has 8 N–H and O–H groups in total. The first-order valence-corrected chi connectivity index (χ1v) is 17.7. The van der Waals surface area contributed by atoms with E-state index < -0.39 is 81.9 Å². The number of imidazole rings is 2. The number of hydrogen-bond acceptors (Lipinski definition) is 17. The van der Waals surface area contributed by atoms with Crippen molar-refractivity contribution in [1.82, 2.24) is 39.0 Å². The van der Waals surface area contributed by atoms with E-state index in [0.29, 0.717) is 0 Å². The lowest BCUT2D eigenvalue weighted by Gasteiger charge is -2.27. The van der Waals surface area contributed by atoms with Crippen LogP contribution in [0.4, 0.5) is 16.2 Å². The molecule has 20 nitrogen and oxygen atoms in total. The number of H-pyrrole nitrogens is 1. The number of aromatic nitrogens is 8. The number of nitrogen functional groups attached to an aromatic ring is 2. The van der Waals surface area contributed by atoms with Gasteiger partial charge in [0, 0.05) is 0 Å². The first kappa shape index (κ1) is 32.2. The standard InChI is InChI=1S/C20H23FN10O10P2S2/c21-8-11(32)7(39-18(8)30-4-26-9-14(22)24-3-25-15(9)30)2-38-43(36,45)41-13-12(33)6(1-37-42(35)44)40-19(13)31-5-27-10-16(31)28-20(23)29-17(10)34/h3-8,11-13,18-19,32-33H,1-2H2,(H6-,22,23,24,25,28,29,34,35,36,44,45)/p+1/t6-,7-,8?,11?,12?,13?,18-,19-,43?/m1/s1. The molecule has 0 bridgehead atoms. The third-order valence-electron chi connectivity index (χ3n) is 7.00. The lowest BCUT2D eigenvalue weighted by Crippen LogP contribution is -2.35. The summed E-state index contributed by atoms with van der Waals surface area (Å²) in [4.78, 5) is 45.6. The van der Waals surface area contributed by atoms with E-state index in [4.69, 9.17) is 46.3 Å². The Hall–Kier alpha value is -2.79. The van der Waals surface area contributed by atoms with Gasteiger partial charge < -0.3 is 40.6 Å². The highest BCUT2D eigenvalue weighted by Crippen LogP contribution is 2.50. The van der Waals surface area contributed by atoms with Gasteiger partial charge >= 0.3 is 13.9 Å². The number of anilines is 2. The molecule has 6 unspecified atom stereocenters. The minimum absolute atomic E-state index is 0.0578. The van der Waals surface area contributed by atoms with Crippen LogP contribution in [0, 0.1) is 0 Å². The van der Waals surface area contributed by atoms with E-state index in [1.807, 2.05) is 0 Å². The number of hydrogen-bond donors (Lipinski definition) is 7. The topological polar surface area (TPSA) is 283 Å². The number of rotatable bonds is 10. The van der Waals surface area contributed by atoms with Crippen molar-refractivity contribution in [2.75, 3.05) is 24.7 Å². The molecule has 0 aliphatic carbocycles. The molecule has 0 spiro atoms. The van der Waals surface area contributed by atoms with Crippen LogP contribution in [0.15, 0.2) is 23.8 Å². The van der Waals surface area contributed by atoms with Gasteiger partial charge in [0.1, 0.15) is 61.2 Å². The molecule has 2 aliphatic heterocycles. The van der Waals surface area contributed by atoms with Crippen LogP contribution >= 0.6 is 26.2 Å². The first-order chi connectivity index (χ1) is 21.3. The van der Waals surface area contributed by atoms with E-state index in [-0.39, 0.29) is 34.1 Å². The minimum Gasteiger partial charge on any atom is -0.387 e. The summed E-state index contributed by atoms with van der Waals surface area (Å²) in [6.45, 7) is -5.39. The molecule has 0 aromatic carbocycles. The molecule has 4 aromatic heterocycles. The Bertz CT molecular complexity index is 1870. The van der Waals surface area contributed by atoms with Crippen molar-refractivity contribution in [1.29, 1.82) is 0 Å². The monoisotopic (exact) mass is 709 g/mol. The van der Waals surface area contributed by atoms with Crippen molar-refractivity contribution in [2.24, 2.45) is 0 Å². The molecule has 6 heterocycles. The van der Waals surface area contributed by atoms with Crippen LogP contribution in [0.5, 0.6) is 0 Å². The highest BCUT2D eigenvalue weighted by Gasteiger charge is 2.50. The summed E-state index contributed by atoms with van der Waals surface area (Å²) in [6, 6.07) is 0. The number of aromatic amines is 1. The highest BCUT2D eigenvalue weighted by atomic mass is 32.7. The molecule has 2 aliphatic rings. The number of halogens is 1. The fourth-order valence-corrected chi connectivity index (χ4v) is 6.82. The zero-order chi connectivity index (χ0) is 32.2. The molecular weight excluding hydrogens is 685 g/mol. The molecule has 10 atom stereocenters. The van der Waals surface area contributed by atoms with Gasteiger partial charge in [0.15, 0.2) is 41.3 Å². The van der Waals surface area contributed by atoms with E-state index in [9.17, 15) is 24.5 Å². The van der Waals surface area contributed by atoms with Gasteiger partial charge in [-0.15, -0.1) is 4.52 Å². The number of ether oxygens (including phenoxy) is 2. The molecule has 0 radical (unpaired) electrons. The van der Waals surface area contributed by atoms with Crippen LogP contribution in [0.2, 0.25) is 0 Å². The van der Waals surface area contributed by atoms with Crippen LogP contribution < -0.4 is 17.0 Å². The average Bonchev–Trinajstić information content (AvgIpc) is 3.73. The summed E-state index contributed by atoms with van der Waals surface area (Å²) in [7, 11) is -2.38. The number of alkyl halides is 1. The van der Waals surface area contributed by atoms with E-state index in [1.54, 1.807) is 0 Å². The van der Waals surface area contributed by atoms with Gasteiger partial charge in [0.05, 0.1) is 19.3 Å². The largest absolute Gasteiger partial charge is 0.582 e. The maximum absolute atomic E-state index is 15.2. The normalized spacial score (nSPS) is 30.3. The second-order valence-corrected chi connectivity index (χ2v) is 14.3. The zero-order valence-electron chi connectivity index (χ0n) is 22.4. The van der Waals surface area contributed by atoms with Crippen LogP contribution in [-0.4, -0.2) is 104 Å². The van der Waals surface area contributed by atoms with Crippen molar-refractivity contribution < 1.29 is 47.1 Å². The molecule has 0 saturated carbocycles. The summed E-state index contributed by atoms with van der Waals surface area (Å²) < 4.78 is 56.6. The number of nitrogens with one attached hydrogen (secondary N) is 1. The zero-order valence-corrected chi connectivity index (χ0v) is 25.9. The van der Waals surface area contributed by atoms with Gasteiger partial charge in [0.2, 0.25) is 5.95 Å². The van der Waals surface area contributed by atoms with Crippen LogP contribution in [-0.2, 0) is 39.4 Å². The number of aliphatic hydroxyl groups excluding tert-OH is 2. The maximum Gasteiger partial charge on any atom is 0.582 e. The fourth-order valence-electron chi connectivity index (χ4n) is 4.93. The third kappa shape index (κ3) is 6.19. The quantitative estimate of drug-likeness (QED) is 0.0784. The molecule has 25 heteroatoms. The van der Waals surface area contributed by atoms with Gasteiger partial charge in [-0.1, -0.05) is 0 Å². The second kappa shape index (κ2) is 12.4. The third-order valence-corrected chi connectivity index (χ3v) is 9.27. The molecule has 4 aromatic rings. The Balaban J connectivity index is 1.20. The molecule has 0 amide bonds. The number of nitrogens with zero attached hydrogens (tertiary/aromatic N) is 7. The molecular formula is C20H24FN10O10P2S2+. The van der Waals surface area contributed by atoms with Gasteiger partial charge in [-0.25, -0.2) is 24.3 Å². The molecule has 2 saturated heterocycles. The van der Waals surface area contributed by atoms with Crippen molar-refractivity contribution in [3.8, 4) is 0 Å². The van der Waals surface area contributed by atoms with Gasteiger partial charge in [0.25, 0.3) is 5.56 Å². The van der Waals surface area contributed by atoms with Crippen molar-refractivity contribution in [3.63, 3.8) is 0 Å². The van der Waals surface area contributed by atoms with E-state index in [1.165, 1.54) is 15.5 Å². The van der Waals surface area contributed by atoms with E-state index >= 15 is 4.39 Å². The van der Waals surface area contributed by atoms with E-state index in [0.717, 1.165) is 12.7 Å². The lowest BCUT2D eigenvalue weighted by molar-refractivity contribution is -0.0536. The summed E-state index contributed by atoms with van der Waals surface area (Å²) >= 11 is 8.83. The van der Waals surface area contributed by atoms with Crippen molar-refractivity contribution in [2.45, 2.75) is 49.1 Å². The summed E-state index contributed by atoms with van der Waals surface area (Å²) in [5.41, 5.74) is 11.0. The smallest absolute Gasteiger partial charge is 0.387 e. The fraction of sp³-hybridized carbons (Fsp3) is 0.500. The number of aliphatic hydroxyl groups is 2. The number of thiol groups is 1. The van der Waals surface area contributed by atoms with E-state index in [2.05, 4.69) is 42.2 Å². The second-order valence-electron chi connectivity index (χ2n) is 9.78. The van der Waals surface area contributed by atoms with Gasteiger partial charge in [-0.2, -0.15) is 4.98 Å². The number of nitrogens with two attached hydrogens (primary N) is 2. The lowest BCUT2D eigenvalue weighted by atomic mass is 10.1. The minimum atomic E-state index is -4.32. The summed E-state index contributed by atoms with van der Waals surface area (Å²) in [5.74, 6) is -0.183. The molecule has 242 valence electrons. The highest BCUT2D eigenvalue weighted by molar-refractivity contribution is 8.39. The van der Waals surface area contributed by atoms with Crippen LogP contribution in [0.1, 0.15) is 12.5 Å². The van der Waals surface area contributed by atoms with Crippen molar-refractivity contribution in [3.05, 3.63) is 29.3 Å². The molecule has 6 rings (SSSR count). The SMILES string of the molecule is Nc1nc2c(ncn2[C@@H]2O[C@H](CO[P+](=O)S)C(O)C2OP(O)(=S)OC[C@H]2O[C@@H](n3cnc4c(N)ncnc43)C(F)C2O)c(=O)[nH]1.